The van der Waals surface area contributed by atoms with E-state index in [1.165, 1.54) is 12.6 Å². The van der Waals surface area contributed by atoms with Crippen LogP contribution in [0.25, 0.3) is 0 Å². The summed E-state index contributed by atoms with van der Waals surface area (Å²) in [5.41, 5.74) is 2.04. The van der Waals surface area contributed by atoms with E-state index in [2.05, 4.69) is 27.8 Å². The van der Waals surface area contributed by atoms with Gasteiger partial charge in [-0.15, -0.1) is 0 Å². The summed E-state index contributed by atoms with van der Waals surface area (Å²) in [4.78, 5) is 28.6. The molecule has 0 unspecified atom stereocenters. The highest BCUT2D eigenvalue weighted by atomic mass is 16.5. The summed E-state index contributed by atoms with van der Waals surface area (Å²) in [7, 11) is 1.64. The van der Waals surface area contributed by atoms with E-state index in [1.54, 1.807) is 31.4 Å². The van der Waals surface area contributed by atoms with Crippen LogP contribution in [-0.2, 0) is 10.2 Å². The third-order valence-electron chi connectivity index (χ3n) is 5.80. The minimum Gasteiger partial charge on any atom is -0.497 e. The van der Waals surface area contributed by atoms with Gasteiger partial charge in [-0.25, -0.2) is 4.98 Å². The van der Waals surface area contributed by atoms with E-state index in [9.17, 15) is 9.59 Å². The molecule has 2 aromatic carbocycles. The Balaban J connectivity index is 1.41. The normalized spacial score (nSPS) is 15.0. The number of methoxy groups -OCH3 is 1. The Labute approximate surface area is 185 Å². The zero-order valence-corrected chi connectivity index (χ0v) is 17.8. The Morgan fingerprint density at radius 2 is 1.75 bits per heavy atom. The summed E-state index contributed by atoms with van der Waals surface area (Å²) >= 11 is 0. The number of anilines is 1. The van der Waals surface area contributed by atoms with Crippen LogP contribution in [0.3, 0.4) is 0 Å². The third-order valence-corrected chi connectivity index (χ3v) is 5.80. The van der Waals surface area contributed by atoms with E-state index in [0.29, 0.717) is 31.0 Å². The molecule has 0 saturated carbocycles. The molecule has 3 aromatic rings. The molecule has 1 aliphatic heterocycles. The van der Waals surface area contributed by atoms with Gasteiger partial charge < -0.3 is 24.5 Å². The van der Waals surface area contributed by atoms with Gasteiger partial charge in [0, 0.05) is 36.4 Å². The lowest BCUT2D eigenvalue weighted by Gasteiger charge is -2.38. The van der Waals surface area contributed by atoms with Crippen molar-refractivity contribution >= 4 is 17.5 Å². The minimum absolute atomic E-state index is 0.118. The zero-order valence-electron chi connectivity index (χ0n) is 17.8. The number of rotatable bonds is 7. The first kappa shape index (κ1) is 21.6. The first-order valence-corrected chi connectivity index (χ1v) is 10.4. The molecule has 0 radical (unpaired) electrons. The maximum absolute atomic E-state index is 12.8. The van der Waals surface area contributed by atoms with Crippen LogP contribution in [-0.4, -0.2) is 43.7 Å². The molecule has 2 N–H and O–H groups in total. The number of carbonyl (C=O) groups is 2. The van der Waals surface area contributed by atoms with Crippen LogP contribution in [0.5, 0.6) is 5.75 Å². The highest BCUT2D eigenvalue weighted by Crippen LogP contribution is 2.35. The molecule has 8 heteroatoms. The highest BCUT2D eigenvalue weighted by molar-refractivity contribution is 6.02. The van der Waals surface area contributed by atoms with Crippen molar-refractivity contribution < 1.29 is 23.5 Å². The Morgan fingerprint density at radius 1 is 1.03 bits per heavy atom. The second kappa shape index (κ2) is 9.65. The molecule has 1 aliphatic rings. The maximum atomic E-state index is 12.8. The first-order chi connectivity index (χ1) is 15.6. The predicted molar refractivity (Wildman–Crippen MR) is 118 cm³/mol. The lowest BCUT2D eigenvalue weighted by molar-refractivity contribution is 0.0487. The number of carbonyl (C=O) groups excluding carboxylic acids is 2. The van der Waals surface area contributed by atoms with Gasteiger partial charge in [0.25, 0.3) is 11.8 Å². The minimum atomic E-state index is -0.402. The molecule has 0 atom stereocenters. The van der Waals surface area contributed by atoms with Crippen molar-refractivity contribution in [1.29, 1.82) is 0 Å². The van der Waals surface area contributed by atoms with Crippen LogP contribution in [0, 0.1) is 0 Å². The Morgan fingerprint density at radius 3 is 2.38 bits per heavy atom. The van der Waals surface area contributed by atoms with Crippen molar-refractivity contribution in [3.63, 3.8) is 0 Å². The van der Waals surface area contributed by atoms with E-state index in [4.69, 9.17) is 13.9 Å². The number of benzene rings is 2. The number of oxazole rings is 1. The first-order valence-electron chi connectivity index (χ1n) is 10.4. The van der Waals surface area contributed by atoms with Crippen LogP contribution >= 0.6 is 0 Å². The number of aromatic nitrogens is 1. The van der Waals surface area contributed by atoms with E-state index in [0.717, 1.165) is 24.2 Å². The fourth-order valence-electron chi connectivity index (χ4n) is 3.85. The molecule has 8 nitrogen and oxygen atoms in total. The number of nitrogens with zero attached hydrogens (tertiary/aromatic N) is 1. The topological polar surface area (TPSA) is 103 Å². The lowest BCUT2D eigenvalue weighted by atomic mass is 9.74. The molecule has 1 fully saturated rings. The third kappa shape index (κ3) is 4.81. The van der Waals surface area contributed by atoms with Gasteiger partial charge in [0.1, 0.15) is 5.75 Å². The van der Waals surface area contributed by atoms with E-state index < -0.39 is 5.91 Å². The van der Waals surface area contributed by atoms with Crippen molar-refractivity contribution in [2.24, 2.45) is 0 Å². The van der Waals surface area contributed by atoms with Gasteiger partial charge >= 0.3 is 0 Å². The molecule has 0 bridgehead atoms. The number of amides is 2. The van der Waals surface area contributed by atoms with Crippen LogP contribution in [0.15, 0.2) is 65.5 Å². The van der Waals surface area contributed by atoms with Gasteiger partial charge in [-0.2, -0.15) is 0 Å². The van der Waals surface area contributed by atoms with Crippen LogP contribution in [0.4, 0.5) is 5.69 Å². The zero-order chi connectivity index (χ0) is 22.4. The number of hydrogen-bond acceptors (Lipinski definition) is 6. The van der Waals surface area contributed by atoms with Gasteiger partial charge in [-0.1, -0.05) is 12.1 Å². The molecule has 2 heterocycles. The van der Waals surface area contributed by atoms with Gasteiger partial charge in [0.2, 0.25) is 5.76 Å². The molecule has 0 spiro atoms. The summed E-state index contributed by atoms with van der Waals surface area (Å²) in [6.07, 6.45) is 4.18. The van der Waals surface area contributed by atoms with Crippen LogP contribution in [0.1, 0.15) is 39.3 Å². The summed E-state index contributed by atoms with van der Waals surface area (Å²) in [5, 5.41) is 5.79. The predicted octanol–water partition coefficient (Wildman–Crippen LogP) is 3.41. The fourth-order valence-corrected chi connectivity index (χ4v) is 3.85. The smallest absolute Gasteiger partial charge is 0.293 e. The molecular weight excluding hydrogens is 410 g/mol. The van der Waals surface area contributed by atoms with Crippen molar-refractivity contribution in [3.05, 3.63) is 78.0 Å². The van der Waals surface area contributed by atoms with Gasteiger partial charge in [-0.3, -0.25) is 9.59 Å². The SMILES string of the molecule is COc1ccc(C2(CNC(=O)c3ccc(NC(=O)c4cnco4)cc3)CCOCC2)cc1. The quantitative estimate of drug-likeness (QED) is 0.590. The number of nitrogens with one attached hydrogen (secondary N) is 2. The molecule has 1 saturated heterocycles. The summed E-state index contributed by atoms with van der Waals surface area (Å²) in [6.45, 7) is 1.81. The molecule has 1 aromatic heterocycles. The Bertz CT molecular complexity index is 1040. The van der Waals surface area contributed by atoms with E-state index >= 15 is 0 Å². The molecule has 166 valence electrons. The summed E-state index contributed by atoms with van der Waals surface area (Å²) < 4.78 is 15.8. The van der Waals surface area contributed by atoms with Crippen LogP contribution in [0.2, 0.25) is 0 Å². The second-order valence-corrected chi connectivity index (χ2v) is 7.70. The van der Waals surface area contributed by atoms with Crippen molar-refractivity contribution in [1.82, 2.24) is 10.3 Å². The standard InChI is InChI=1S/C24H25N3O5/c1-30-20-8-4-18(5-9-20)24(10-12-31-13-11-24)15-26-22(28)17-2-6-19(7-3-17)27-23(29)21-14-25-16-32-21/h2-9,14,16H,10-13,15H2,1H3,(H,26,28)(H,27,29). The molecule has 0 aliphatic carbocycles. The monoisotopic (exact) mass is 435 g/mol. The molecule has 4 rings (SSSR count). The summed E-state index contributed by atoms with van der Waals surface area (Å²) in [6, 6.07) is 14.7. The van der Waals surface area contributed by atoms with Gasteiger partial charge in [-0.05, 0) is 54.8 Å². The Kier molecular flexibility index (Phi) is 6.51. The average molecular weight is 435 g/mol. The Hall–Kier alpha value is -3.65. The largest absolute Gasteiger partial charge is 0.497 e. The number of hydrogen-bond donors (Lipinski definition) is 2. The highest BCUT2D eigenvalue weighted by Gasteiger charge is 2.35. The van der Waals surface area contributed by atoms with E-state index in [1.807, 2.05) is 12.1 Å². The second-order valence-electron chi connectivity index (χ2n) is 7.70. The molecular formula is C24H25N3O5. The van der Waals surface area contributed by atoms with Crippen LogP contribution < -0.4 is 15.4 Å². The average Bonchev–Trinajstić information content (AvgIpc) is 3.39. The lowest BCUT2D eigenvalue weighted by Crippen LogP contribution is -2.44. The molecule has 32 heavy (non-hydrogen) atoms. The van der Waals surface area contributed by atoms with Crippen molar-refractivity contribution in [2.75, 3.05) is 32.2 Å². The van der Waals surface area contributed by atoms with Crippen molar-refractivity contribution in [3.8, 4) is 5.75 Å². The van der Waals surface area contributed by atoms with Gasteiger partial charge in [0.05, 0.1) is 13.3 Å². The maximum Gasteiger partial charge on any atom is 0.293 e. The van der Waals surface area contributed by atoms with Gasteiger partial charge in [0.15, 0.2) is 6.39 Å². The van der Waals surface area contributed by atoms with E-state index in [-0.39, 0.29) is 17.1 Å². The summed E-state index contributed by atoms with van der Waals surface area (Å²) in [5.74, 6) is 0.348. The van der Waals surface area contributed by atoms with Crippen molar-refractivity contribution in [2.45, 2.75) is 18.3 Å². The molecule has 2 amide bonds. The number of ether oxygens (including phenoxy) is 2. The fraction of sp³-hybridized carbons (Fsp3) is 0.292.